The molecule has 0 radical (unpaired) electrons. The standard InChI is InChI=1S/C24H16N6/c1-2-17(15-6-8-25-9-7-15)18-13-22(28-20(18)3-1)24-19-12-16(4-5-21(19)29-30-24)23-14-26-10-11-27-23/h1-14,28H,(H,29,30). The highest BCUT2D eigenvalue weighted by molar-refractivity contribution is 6.01. The van der Waals surface area contributed by atoms with Crippen molar-refractivity contribution in [3.63, 3.8) is 0 Å². The lowest BCUT2D eigenvalue weighted by molar-refractivity contribution is 1.12. The molecule has 0 bridgehead atoms. The van der Waals surface area contributed by atoms with Crippen molar-refractivity contribution >= 4 is 21.8 Å². The molecule has 0 saturated heterocycles. The number of aromatic nitrogens is 6. The molecule has 0 aliphatic heterocycles. The molecule has 0 amide bonds. The van der Waals surface area contributed by atoms with Crippen LogP contribution in [-0.2, 0) is 0 Å². The lowest BCUT2D eigenvalue weighted by Crippen LogP contribution is -1.84. The van der Waals surface area contributed by atoms with Gasteiger partial charge in [-0.15, -0.1) is 0 Å². The van der Waals surface area contributed by atoms with Crippen molar-refractivity contribution in [1.82, 2.24) is 30.1 Å². The number of nitrogens with zero attached hydrogens (tertiary/aromatic N) is 4. The Morgan fingerprint density at radius 2 is 1.63 bits per heavy atom. The van der Waals surface area contributed by atoms with Crippen LogP contribution in [0.5, 0.6) is 0 Å². The van der Waals surface area contributed by atoms with Crippen molar-refractivity contribution in [3.05, 3.63) is 85.6 Å². The fourth-order valence-corrected chi connectivity index (χ4v) is 3.89. The summed E-state index contributed by atoms with van der Waals surface area (Å²) < 4.78 is 0. The zero-order valence-electron chi connectivity index (χ0n) is 15.9. The Bertz CT molecular complexity index is 1480. The third-order valence-corrected chi connectivity index (χ3v) is 5.33. The molecule has 30 heavy (non-hydrogen) atoms. The van der Waals surface area contributed by atoms with Gasteiger partial charge in [0, 0.05) is 46.6 Å². The summed E-state index contributed by atoms with van der Waals surface area (Å²) in [5.74, 6) is 0. The van der Waals surface area contributed by atoms with E-state index in [1.807, 2.05) is 36.7 Å². The molecule has 6 nitrogen and oxygen atoms in total. The quantitative estimate of drug-likeness (QED) is 0.435. The molecule has 4 heterocycles. The van der Waals surface area contributed by atoms with E-state index in [0.717, 1.165) is 55.6 Å². The summed E-state index contributed by atoms with van der Waals surface area (Å²) in [6.45, 7) is 0. The lowest BCUT2D eigenvalue weighted by atomic mass is 10.0. The van der Waals surface area contributed by atoms with Crippen LogP contribution in [0.3, 0.4) is 0 Å². The Morgan fingerprint density at radius 1 is 0.700 bits per heavy atom. The number of pyridine rings is 1. The summed E-state index contributed by atoms with van der Waals surface area (Å²) in [5, 5.41) is 9.93. The van der Waals surface area contributed by atoms with E-state index in [4.69, 9.17) is 0 Å². The Morgan fingerprint density at radius 3 is 2.50 bits per heavy atom. The van der Waals surface area contributed by atoms with Crippen molar-refractivity contribution in [2.45, 2.75) is 0 Å². The predicted molar refractivity (Wildman–Crippen MR) is 118 cm³/mol. The number of benzene rings is 2. The molecule has 2 aromatic carbocycles. The molecule has 0 aliphatic rings. The van der Waals surface area contributed by atoms with Crippen LogP contribution in [0.25, 0.3) is 55.6 Å². The minimum absolute atomic E-state index is 0.836. The van der Waals surface area contributed by atoms with Gasteiger partial charge in [-0.2, -0.15) is 5.10 Å². The molecule has 0 saturated carbocycles. The first kappa shape index (κ1) is 16.6. The van der Waals surface area contributed by atoms with Crippen LogP contribution in [0.15, 0.2) is 85.6 Å². The maximum atomic E-state index is 4.60. The van der Waals surface area contributed by atoms with E-state index in [1.165, 1.54) is 0 Å². The second-order valence-corrected chi connectivity index (χ2v) is 7.11. The smallest absolute Gasteiger partial charge is 0.116 e. The van der Waals surface area contributed by atoms with Crippen molar-refractivity contribution in [1.29, 1.82) is 0 Å². The van der Waals surface area contributed by atoms with Gasteiger partial charge in [0.2, 0.25) is 0 Å². The molecule has 2 N–H and O–H groups in total. The highest BCUT2D eigenvalue weighted by Gasteiger charge is 2.14. The number of rotatable bonds is 3. The molecular formula is C24H16N6. The van der Waals surface area contributed by atoms with Gasteiger partial charge < -0.3 is 4.98 Å². The highest BCUT2D eigenvalue weighted by Crippen LogP contribution is 2.34. The monoisotopic (exact) mass is 388 g/mol. The number of hydrogen-bond acceptors (Lipinski definition) is 4. The summed E-state index contributed by atoms with van der Waals surface area (Å²) in [6.07, 6.45) is 8.78. The zero-order valence-corrected chi connectivity index (χ0v) is 15.9. The van der Waals surface area contributed by atoms with E-state index in [1.54, 1.807) is 18.6 Å². The van der Waals surface area contributed by atoms with Gasteiger partial charge in [-0.25, -0.2) is 0 Å². The summed E-state index contributed by atoms with van der Waals surface area (Å²) >= 11 is 0. The molecule has 0 fully saturated rings. The van der Waals surface area contributed by atoms with Crippen molar-refractivity contribution in [2.75, 3.05) is 0 Å². The molecule has 0 atom stereocenters. The van der Waals surface area contributed by atoms with Gasteiger partial charge in [-0.3, -0.25) is 20.1 Å². The first-order valence-corrected chi connectivity index (χ1v) is 9.64. The third-order valence-electron chi connectivity index (χ3n) is 5.33. The van der Waals surface area contributed by atoms with E-state index in [2.05, 4.69) is 60.5 Å². The van der Waals surface area contributed by atoms with Crippen molar-refractivity contribution in [2.24, 2.45) is 0 Å². The normalized spacial score (nSPS) is 11.3. The fraction of sp³-hybridized carbons (Fsp3) is 0. The number of aromatic amines is 2. The summed E-state index contributed by atoms with van der Waals surface area (Å²) in [4.78, 5) is 16.3. The molecule has 0 aliphatic carbocycles. The van der Waals surface area contributed by atoms with E-state index in [-0.39, 0.29) is 0 Å². The Labute approximate surface area is 171 Å². The van der Waals surface area contributed by atoms with Crippen LogP contribution in [0.4, 0.5) is 0 Å². The Hall–Kier alpha value is -4.32. The third kappa shape index (κ3) is 2.66. The van der Waals surface area contributed by atoms with E-state index >= 15 is 0 Å². The SMILES string of the molecule is c1cc(-c2ccncc2)c2cc(-c3n[nH]c4ccc(-c5cnccn5)cc34)[nH]c2c1. The van der Waals surface area contributed by atoms with Gasteiger partial charge in [-0.1, -0.05) is 18.2 Å². The number of nitrogens with one attached hydrogen (secondary N) is 2. The highest BCUT2D eigenvalue weighted by atomic mass is 15.1. The molecule has 6 heteroatoms. The van der Waals surface area contributed by atoms with Crippen LogP contribution in [0.1, 0.15) is 0 Å². The van der Waals surface area contributed by atoms with Crippen LogP contribution in [0, 0.1) is 0 Å². The summed E-state index contributed by atoms with van der Waals surface area (Å²) in [5.41, 5.74) is 8.04. The van der Waals surface area contributed by atoms with Crippen LogP contribution in [0.2, 0.25) is 0 Å². The van der Waals surface area contributed by atoms with Gasteiger partial charge >= 0.3 is 0 Å². The van der Waals surface area contributed by atoms with E-state index < -0.39 is 0 Å². The second kappa shape index (κ2) is 6.63. The minimum Gasteiger partial charge on any atom is -0.353 e. The van der Waals surface area contributed by atoms with Gasteiger partial charge in [0.15, 0.2) is 0 Å². The summed E-state index contributed by atoms with van der Waals surface area (Å²) in [7, 11) is 0. The largest absolute Gasteiger partial charge is 0.353 e. The van der Waals surface area contributed by atoms with Gasteiger partial charge in [0.1, 0.15) is 5.69 Å². The minimum atomic E-state index is 0.836. The molecule has 0 unspecified atom stereocenters. The van der Waals surface area contributed by atoms with Gasteiger partial charge in [0.05, 0.1) is 23.1 Å². The number of hydrogen-bond donors (Lipinski definition) is 2. The predicted octanol–water partition coefficient (Wildman–Crippen LogP) is 5.23. The average Bonchev–Trinajstić information content (AvgIpc) is 3.43. The van der Waals surface area contributed by atoms with Crippen molar-refractivity contribution in [3.8, 4) is 33.8 Å². The molecule has 142 valence electrons. The summed E-state index contributed by atoms with van der Waals surface area (Å²) in [6, 6.07) is 18.7. The van der Waals surface area contributed by atoms with Crippen LogP contribution < -0.4 is 0 Å². The first-order valence-electron chi connectivity index (χ1n) is 9.64. The number of fused-ring (bicyclic) bond motifs is 2. The van der Waals surface area contributed by atoms with Crippen LogP contribution in [-0.4, -0.2) is 30.1 Å². The van der Waals surface area contributed by atoms with Crippen LogP contribution >= 0.6 is 0 Å². The average molecular weight is 388 g/mol. The number of H-pyrrole nitrogens is 2. The molecular weight excluding hydrogens is 372 g/mol. The maximum Gasteiger partial charge on any atom is 0.116 e. The molecule has 4 aromatic heterocycles. The van der Waals surface area contributed by atoms with E-state index in [0.29, 0.717) is 0 Å². The topological polar surface area (TPSA) is 83.1 Å². The van der Waals surface area contributed by atoms with Gasteiger partial charge in [-0.05, 0) is 47.5 Å². The van der Waals surface area contributed by atoms with Gasteiger partial charge in [0.25, 0.3) is 0 Å². The maximum absolute atomic E-state index is 4.60. The lowest BCUT2D eigenvalue weighted by Gasteiger charge is -2.02. The molecule has 0 spiro atoms. The fourth-order valence-electron chi connectivity index (χ4n) is 3.89. The molecule has 6 aromatic rings. The van der Waals surface area contributed by atoms with E-state index in [9.17, 15) is 0 Å². The zero-order chi connectivity index (χ0) is 19.9. The Balaban J connectivity index is 1.52. The van der Waals surface area contributed by atoms with Crippen molar-refractivity contribution < 1.29 is 0 Å². The second-order valence-electron chi connectivity index (χ2n) is 7.11. The first-order chi connectivity index (χ1) is 14.9. The Kier molecular flexibility index (Phi) is 3.67. The molecule has 6 rings (SSSR count).